The highest BCUT2D eigenvalue weighted by molar-refractivity contribution is 8.00. The first-order valence-electron chi connectivity index (χ1n) is 8.47. The molecule has 2 N–H and O–H groups in total. The highest BCUT2D eigenvalue weighted by Gasteiger charge is 2.16. The van der Waals surface area contributed by atoms with Gasteiger partial charge in [-0.3, -0.25) is 19.7 Å². The van der Waals surface area contributed by atoms with Gasteiger partial charge >= 0.3 is 0 Å². The largest absolute Gasteiger partial charge is 0.497 e. The third-order valence-electron chi connectivity index (χ3n) is 3.80. The fourth-order valence-electron chi connectivity index (χ4n) is 2.22. The third kappa shape index (κ3) is 6.58. The van der Waals surface area contributed by atoms with Crippen LogP contribution in [0.1, 0.15) is 12.5 Å². The van der Waals surface area contributed by atoms with Crippen molar-refractivity contribution in [1.82, 2.24) is 10.6 Å². The second kappa shape index (κ2) is 10.3. The summed E-state index contributed by atoms with van der Waals surface area (Å²) in [6, 6.07) is 13.3. The van der Waals surface area contributed by atoms with E-state index in [9.17, 15) is 19.7 Å². The van der Waals surface area contributed by atoms with E-state index in [4.69, 9.17) is 4.74 Å². The van der Waals surface area contributed by atoms with Crippen LogP contribution in [0, 0.1) is 10.1 Å². The number of nitro benzene ring substituents is 1. The summed E-state index contributed by atoms with van der Waals surface area (Å²) >= 11 is 1.26. The van der Waals surface area contributed by atoms with Crippen LogP contribution in [0.5, 0.6) is 5.75 Å². The van der Waals surface area contributed by atoms with E-state index in [2.05, 4.69) is 10.6 Å². The summed E-state index contributed by atoms with van der Waals surface area (Å²) < 4.78 is 5.07. The Bertz CT molecular complexity index is 824. The van der Waals surface area contributed by atoms with E-state index in [0.717, 1.165) is 16.2 Å². The van der Waals surface area contributed by atoms with Gasteiger partial charge in [0.1, 0.15) is 5.75 Å². The van der Waals surface area contributed by atoms with E-state index < -0.39 is 10.2 Å². The van der Waals surface area contributed by atoms with E-state index in [0.29, 0.717) is 6.54 Å². The van der Waals surface area contributed by atoms with Crippen LogP contribution in [0.15, 0.2) is 53.4 Å². The summed E-state index contributed by atoms with van der Waals surface area (Å²) in [5.74, 6) is 0.154. The normalized spacial score (nSPS) is 11.4. The number of non-ortho nitro benzene ring substituents is 1. The highest BCUT2D eigenvalue weighted by Crippen LogP contribution is 2.25. The molecule has 2 aromatic carbocycles. The van der Waals surface area contributed by atoms with Gasteiger partial charge in [0.2, 0.25) is 11.8 Å². The number of ether oxygens (including phenoxy) is 1. The number of benzene rings is 2. The number of carbonyl (C=O) groups is 2. The van der Waals surface area contributed by atoms with E-state index in [1.165, 1.54) is 23.9 Å². The Morgan fingerprint density at radius 3 is 2.32 bits per heavy atom. The van der Waals surface area contributed by atoms with Gasteiger partial charge in [-0.25, -0.2) is 0 Å². The molecule has 2 rings (SSSR count). The summed E-state index contributed by atoms with van der Waals surface area (Å²) in [5, 5.41) is 15.5. The zero-order chi connectivity index (χ0) is 20.5. The van der Waals surface area contributed by atoms with Crippen molar-refractivity contribution in [2.45, 2.75) is 23.6 Å². The quantitative estimate of drug-likeness (QED) is 0.378. The van der Waals surface area contributed by atoms with Crippen molar-refractivity contribution < 1.29 is 19.2 Å². The van der Waals surface area contributed by atoms with E-state index in [1.807, 2.05) is 12.1 Å². The van der Waals surface area contributed by atoms with Gasteiger partial charge in [-0.15, -0.1) is 11.8 Å². The lowest BCUT2D eigenvalue weighted by Gasteiger charge is -2.12. The second-order valence-corrected chi connectivity index (χ2v) is 7.27. The summed E-state index contributed by atoms with van der Waals surface area (Å²) in [6.45, 7) is 1.93. The van der Waals surface area contributed by atoms with Gasteiger partial charge in [0.05, 0.1) is 23.8 Å². The molecule has 2 amide bonds. The molecule has 0 aromatic heterocycles. The van der Waals surface area contributed by atoms with Gasteiger partial charge in [0.15, 0.2) is 0 Å². The average molecular weight is 403 g/mol. The van der Waals surface area contributed by atoms with Gasteiger partial charge in [0, 0.05) is 23.6 Å². The minimum absolute atomic E-state index is 0.00464. The molecule has 0 heterocycles. The van der Waals surface area contributed by atoms with Gasteiger partial charge < -0.3 is 15.4 Å². The van der Waals surface area contributed by atoms with Crippen molar-refractivity contribution in [2.75, 3.05) is 13.7 Å². The van der Waals surface area contributed by atoms with Gasteiger partial charge in [0.25, 0.3) is 5.69 Å². The van der Waals surface area contributed by atoms with E-state index in [1.54, 1.807) is 38.3 Å². The van der Waals surface area contributed by atoms with Crippen LogP contribution < -0.4 is 15.4 Å². The first kappa shape index (κ1) is 21.2. The molecule has 0 saturated carbocycles. The number of carbonyl (C=O) groups excluding carboxylic acids is 2. The van der Waals surface area contributed by atoms with Crippen LogP contribution in [-0.4, -0.2) is 35.6 Å². The minimum Gasteiger partial charge on any atom is -0.497 e. The Morgan fingerprint density at radius 2 is 1.75 bits per heavy atom. The molecule has 28 heavy (non-hydrogen) atoms. The molecular formula is C19H21N3O5S. The zero-order valence-electron chi connectivity index (χ0n) is 15.5. The van der Waals surface area contributed by atoms with Crippen molar-refractivity contribution in [1.29, 1.82) is 0 Å². The molecule has 0 aliphatic rings. The van der Waals surface area contributed by atoms with Gasteiger partial charge in [-0.1, -0.05) is 12.1 Å². The molecule has 0 aliphatic carbocycles. The van der Waals surface area contributed by atoms with Gasteiger partial charge in [-0.2, -0.15) is 0 Å². The number of hydrogen-bond acceptors (Lipinski definition) is 6. The van der Waals surface area contributed by atoms with Crippen LogP contribution in [0.4, 0.5) is 5.69 Å². The Morgan fingerprint density at radius 1 is 1.11 bits per heavy atom. The number of rotatable bonds is 9. The van der Waals surface area contributed by atoms with Crippen LogP contribution in [0.3, 0.4) is 0 Å². The summed E-state index contributed by atoms with van der Waals surface area (Å²) in [5.41, 5.74) is 0.914. The first-order chi connectivity index (χ1) is 13.4. The molecule has 9 heteroatoms. The number of methoxy groups -OCH3 is 1. The maximum atomic E-state index is 12.1. The Balaban J connectivity index is 1.73. The monoisotopic (exact) mass is 403 g/mol. The van der Waals surface area contributed by atoms with E-state index in [-0.39, 0.29) is 24.0 Å². The maximum Gasteiger partial charge on any atom is 0.269 e. The molecule has 0 bridgehead atoms. The summed E-state index contributed by atoms with van der Waals surface area (Å²) in [4.78, 5) is 35.0. The smallest absolute Gasteiger partial charge is 0.269 e. The van der Waals surface area contributed by atoms with Crippen molar-refractivity contribution in [2.24, 2.45) is 0 Å². The topological polar surface area (TPSA) is 111 Å². The number of nitrogens with one attached hydrogen (secondary N) is 2. The molecule has 1 atom stereocenters. The van der Waals surface area contributed by atoms with Crippen molar-refractivity contribution in [3.8, 4) is 5.75 Å². The van der Waals surface area contributed by atoms with E-state index >= 15 is 0 Å². The van der Waals surface area contributed by atoms with Crippen LogP contribution in [-0.2, 0) is 16.1 Å². The SMILES string of the molecule is COc1ccc(CNC(=O)CNC(=O)C(C)Sc2ccc([N+](=O)[O-])cc2)cc1. The number of hydrogen-bond donors (Lipinski definition) is 2. The molecule has 0 radical (unpaired) electrons. The predicted molar refractivity (Wildman–Crippen MR) is 106 cm³/mol. The third-order valence-corrected chi connectivity index (χ3v) is 4.91. The Kier molecular flexibility index (Phi) is 7.82. The fraction of sp³-hybridized carbons (Fsp3) is 0.263. The lowest BCUT2D eigenvalue weighted by Crippen LogP contribution is -2.39. The summed E-state index contributed by atoms with van der Waals surface area (Å²) in [6.07, 6.45) is 0. The molecule has 0 aliphatic heterocycles. The molecule has 0 fully saturated rings. The predicted octanol–water partition coefficient (Wildman–Crippen LogP) is 2.52. The molecule has 148 valence electrons. The number of nitro groups is 1. The minimum atomic E-state index is -0.477. The van der Waals surface area contributed by atoms with Crippen LogP contribution in [0.2, 0.25) is 0 Å². The number of nitrogens with zero attached hydrogens (tertiary/aromatic N) is 1. The van der Waals surface area contributed by atoms with Crippen molar-refractivity contribution in [3.05, 3.63) is 64.2 Å². The fourth-order valence-corrected chi connectivity index (χ4v) is 3.11. The molecule has 8 nitrogen and oxygen atoms in total. The lowest BCUT2D eigenvalue weighted by atomic mass is 10.2. The Hall–Kier alpha value is -3.07. The zero-order valence-corrected chi connectivity index (χ0v) is 16.3. The molecular weight excluding hydrogens is 382 g/mol. The molecule has 2 aromatic rings. The summed E-state index contributed by atoms with van der Waals surface area (Å²) in [7, 11) is 1.58. The van der Waals surface area contributed by atoms with Gasteiger partial charge in [-0.05, 0) is 36.8 Å². The standard InChI is InChI=1S/C19H21N3O5S/c1-13(28-17-9-5-15(6-10-17)22(25)26)19(24)21-12-18(23)20-11-14-3-7-16(27-2)8-4-14/h3-10,13H,11-12H2,1-2H3,(H,20,23)(H,21,24). The second-order valence-electron chi connectivity index (χ2n) is 5.85. The first-order valence-corrected chi connectivity index (χ1v) is 9.35. The molecule has 1 unspecified atom stereocenters. The number of amides is 2. The highest BCUT2D eigenvalue weighted by atomic mass is 32.2. The molecule has 0 saturated heterocycles. The van der Waals surface area contributed by atoms with Crippen LogP contribution in [0.25, 0.3) is 0 Å². The molecule has 0 spiro atoms. The lowest BCUT2D eigenvalue weighted by molar-refractivity contribution is -0.384. The Labute approximate surface area is 166 Å². The average Bonchev–Trinajstić information content (AvgIpc) is 2.71. The van der Waals surface area contributed by atoms with Crippen LogP contribution >= 0.6 is 11.8 Å². The maximum absolute atomic E-state index is 12.1. The van der Waals surface area contributed by atoms with Crippen molar-refractivity contribution >= 4 is 29.3 Å². The van der Waals surface area contributed by atoms with Crippen molar-refractivity contribution in [3.63, 3.8) is 0 Å². The number of thioether (sulfide) groups is 1.